The van der Waals surface area contributed by atoms with Gasteiger partial charge in [0.2, 0.25) is 0 Å². The van der Waals surface area contributed by atoms with Gasteiger partial charge in [0.25, 0.3) is 0 Å². The fourth-order valence-electron chi connectivity index (χ4n) is 0.891. The van der Waals surface area contributed by atoms with Gasteiger partial charge >= 0.3 is 5.97 Å². The van der Waals surface area contributed by atoms with E-state index in [1.807, 2.05) is 0 Å². The molecule has 2 N–H and O–H groups in total. The lowest BCUT2D eigenvalue weighted by atomic mass is 10.2. The summed E-state index contributed by atoms with van der Waals surface area (Å²) < 4.78 is 0. The molecule has 0 aliphatic heterocycles. The average molecular weight is 209 g/mol. The van der Waals surface area contributed by atoms with Crippen LogP contribution in [0.25, 0.3) is 0 Å². The summed E-state index contributed by atoms with van der Waals surface area (Å²) in [5.74, 6) is -0.581. The van der Waals surface area contributed by atoms with E-state index in [1.165, 1.54) is 0 Å². The molecule has 4 nitrogen and oxygen atoms in total. The SMILES string of the molecule is CC(C)(C)OOC(=O)c1ccccc1N. The predicted molar refractivity (Wildman–Crippen MR) is 57.1 cm³/mol. The summed E-state index contributed by atoms with van der Waals surface area (Å²) in [6, 6.07) is 6.68. The van der Waals surface area contributed by atoms with E-state index in [1.54, 1.807) is 45.0 Å². The first-order chi connectivity index (χ1) is 6.90. The zero-order valence-corrected chi connectivity index (χ0v) is 9.11. The summed E-state index contributed by atoms with van der Waals surface area (Å²) in [4.78, 5) is 21.0. The van der Waals surface area contributed by atoms with Crippen LogP contribution in [0, 0.1) is 0 Å². The molecule has 4 heteroatoms. The van der Waals surface area contributed by atoms with Crippen LogP contribution in [0.4, 0.5) is 5.69 Å². The highest BCUT2D eigenvalue weighted by Crippen LogP contribution is 2.14. The summed E-state index contributed by atoms with van der Waals surface area (Å²) in [6.45, 7) is 5.36. The summed E-state index contributed by atoms with van der Waals surface area (Å²) in [5.41, 5.74) is 5.76. The minimum atomic E-state index is -0.581. The molecule has 0 aliphatic rings. The molecule has 0 fully saturated rings. The molecule has 0 aliphatic carbocycles. The van der Waals surface area contributed by atoms with Gasteiger partial charge in [0.05, 0.1) is 5.56 Å². The quantitative estimate of drug-likeness (QED) is 0.460. The fraction of sp³-hybridized carbons (Fsp3) is 0.364. The molecule has 0 atom stereocenters. The van der Waals surface area contributed by atoms with Gasteiger partial charge in [0.15, 0.2) is 0 Å². The maximum Gasteiger partial charge on any atom is 0.375 e. The standard InChI is InChI=1S/C11H15NO3/c1-11(2,3)15-14-10(13)8-6-4-5-7-9(8)12/h4-7H,12H2,1-3H3. The first-order valence-electron chi connectivity index (χ1n) is 4.65. The van der Waals surface area contributed by atoms with E-state index < -0.39 is 11.6 Å². The van der Waals surface area contributed by atoms with Gasteiger partial charge in [0.1, 0.15) is 5.60 Å². The maximum absolute atomic E-state index is 11.5. The number of hydrogen-bond acceptors (Lipinski definition) is 4. The highest BCUT2D eigenvalue weighted by atomic mass is 17.2. The number of nitrogen functional groups attached to an aromatic ring is 1. The lowest BCUT2D eigenvalue weighted by molar-refractivity contribution is -0.301. The molecule has 0 aromatic heterocycles. The van der Waals surface area contributed by atoms with Crippen LogP contribution in [-0.2, 0) is 9.78 Å². The van der Waals surface area contributed by atoms with E-state index in [4.69, 9.17) is 10.6 Å². The number of nitrogens with two attached hydrogens (primary N) is 1. The minimum Gasteiger partial charge on any atom is -0.398 e. The molecule has 82 valence electrons. The number of anilines is 1. The molecule has 0 amide bonds. The Morgan fingerprint density at radius 2 is 1.87 bits per heavy atom. The molecule has 0 saturated carbocycles. The number of carbonyl (C=O) groups excluding carboxylic acids is 1. The van der Waals surface area contributed by atoms with Gasteiger partial charge in [-0.05, 0) is 32.9 Å². The molecule has 0 heterocycles. The summed E-state index contributed by atoms with van der Waals surface area (Å²) in [7, 11) is 0. The van der Waals surface area contributed by atoms with Crippen molar-refractivity contribution >= 4 is 11.7 Å². The molecule has 1 aromatic rings. The Morgan fingerprint density at radius 3 is 2.40 bits per heavy atom. The van der Waals surface area contributed by atoms with Crippen LogP contribution < -0.4 is 5.73 Å². The minimum absolute atomic E-state index is 0.307. The van der Waals surface area contributed by atoms with Crippen molar-refractivity contribution in [2.75, 3.05) is 5.73 Å². The van der Waals surface area contributed by atoms with E-state index >= 15 is 0 Å². The molecule has 0 saturated heterocycles. The van der Waals surface area contributed by atoms with Gasteiger partial charge < -0.3 is 5.73 Å². The van der Waals surface area contributed by atoms with Gasteiger partial charge in [-0.15, -0.1) is 0 Å². The molecular formula is C11H15NO3. The zero-order chi connectivity index (χ0) is 11.5. The van der Waals surface area contributed by atoms with E-state index in [9.17, 15) is 4.79 Å². The first-order valence-corrected chi connectivity index (χ1v) is 4.65. The van der Waals surface area contributed by atoms with Crippen molar-refractivity contribution in [2.24, 2.45) is 0 Å². The van der Waals surface area contributed by atoms with Crippen molar-refractivity contribution in [1.82, 2.24) is 0 Å². The molecule has 0 spiro atoms. The Labute approximate surface area is 88.9 Å². The Bertz CT molecular complexity index is 355. The van der Waals surface area contributed by atoms with Crippen LogP contribution in [0.5, 0.6) is 0 Å². The lowest BCUT2D eigenvalue weighted by Gasteiger charge is -2.16. The number of para-hydroxylation sites is 1. The van der Waals surface area contributed by atoms with Crippen LogP contribution in [0.2, 0.25) is 0 Å². The number of benzene rings is 1. The third-order valence-electron chi connectivity index (χ3n) is 1.55. The molecular weight excluding hydrogens is 194 g/mol. The number of carbonyl (C=O) groups is 1. The van der Waals surface area contributed by atoms with Gasteiger partial charge in [-0.25, -0.2) is 4.79 Å². The summed E-state index contributed by atoms with van der Waals surface area (Å²) >= 11 is 0. The highest BCUT2D eigenvalue weighted by molar-refractivity contribution is 5.94. The third kappa shape index (κ3) is 3.59. The van der Waals surface area contributed by atoms with Gasteiger partial charge in [-0.3, -0.25) is 4.89 Å². The number of hydrogen-bond donors (Lipinski definition) is 1. The van der Waals surface area contributed by atoms with Crippen molar-refractivity contribution in [2.45, 2.75) is 26.4 Å². The monoisotopic (exact) mass is 209 g/mol. The third-order valence-corrected chi connectivity index (χ3v) is 1.55. The Kier molecular flexibility index (Phi) is 3.31. The van der Waals surface area contributed by atoms with Crippen molar-refractivity contribution in [3.05, 3.63) is 29.8 Å². The van der Waals surface area contributed by atoms with Crippen molar-refractivity contribution in [3.63, 3.8) is 0 Å². The van der Waals surface area contributed by atoms with Crippen LogP contribution in [-0.4, -0.2) is 11.6 Å². The molecule has 1 rings (SSSR count). The van der Waals surface area contributed by atoms with E-state index in [0.29, 0.717) is 11.3 Å². The highest BCUT2D eigenvalue weighted by Gasteiger charge is 2.17. The molecule has 0 unspecified atom stereocenters. The van der Waals surface area contributed by atoms with Crippen LogP contribution in [0.3, 0.4) is 0 Å². The van der Waals surface area contributed by atoms with E-state index in [2.05, 4.69) is 4.89 Å². The second kappa shape index (κ2) is 4.31. The largest absolute Gasteiger partial charge is 0.398 e. The summed E-state index contributed by atoms with van der Waals surface area (Å²) in [5, 5.41) is 0. The van der Waals surface area contributed by atoms with Crippen LogP contribution in [0.15, 0.2) is 24.3 Å². The Hall–Kier alpha value is -1.55. The normalized spacial score (nSPS) is 11.1. The number of rotatable bonds is 2. The predicted octanol–water partition coefficient (Wildman–Crippen LogP) is 2.16. The Morgan fingerprint density at radius 1 is 1.27 bits per heavy atom. The van der Waals surface area contributed by atoms with Crippen molar-refractivity contribution in [1.29, 1.82) is 0 Å². The second-order valence-electron chi connectivity index (χ2n) is 4.15. The van der Waals surface area contributed by atoms with Gasteiger partial charge in [-0.1, -0.05) is 12.1 Å². The molecule has 0 bridgehead atoms. The van der Waals surface area contributed by atoms with Crippen molar-refractivity contribution < 1.29 is 14.6 Å². The van der Waals surface area contributed by atoms with Gasteiger partial charge in [0, 0.05) is 5.69 Å². The van der Waals surface area contributed by atoms with E-state index in [0.717, 1.165) is 0 Å². The zero-order valence-electron chi connectivity index (χ0n) is 9.11. The molecule has 0 radical (unpaired) electrons. The summed E-state index contributed by atoms with van der Waals surface area (Å²) in [6.07, 6.45) is 0. The molecule has 15 heavy (non-hydrogen) atoms. The average Bonchev–Trinajstić information content (AvgIpc) is 2.14. The molecule has 1 aromatic carbocycles. The topological polar surface area (TPSA) is 61.5 Å². The smallest absolute Gasteiger partial charge is 0.375 e. The Balaban J connectivity index is 2.66. The second-order valence-corrected chi connectivity index (χ2v) is 4.15. The van der Waals surface area contributed by atoms with Crippen LogP contribution in [0.1, 0.15) is 31.1 Å². The van der Waals surface area contributed by atoms with Gasteiger partial charge in [-0.2, -0.15) is 4.89 Å². The maximum atomic E-state index is 11.5. The van der Waals surface area contributed by atoms with Crippen LogP contribution >= 0.6 is 0 Å². The fourth-order valence-corrected chi connectivity index (χ4v) is 0.891. The van der Waals surface area contributed by atoms with E-state index in [-0.39, 0.29) is 0 Å². The van der Waals surface area contributed by atoms with Crippen molar-refractivity contribution in [3.8, 4) is 0 Å². The first kappa shape index (κ1) is 11.5. The lowest BCUT2D eigenvalue weighted by Crippen LogP contribution is -2.22.